The Morgan fingerprint density at radius 3 is 2.41 bits per heavy atom. The molecule has 172 valence electrons. The van der Waals surface area contributed by atoms with E-state index in [1.54, 1.807) is 11.6 Å². The number of nitrogens with zero attached hydrogens (tertiary/aromatic N) is 4. The number of para-hydroxylation sites is 1. The van der Waals surface area contributed by atoms with Gasteiger partial charge in [-0.2, -0.15) is 5.10 Å². The van der Waals surface area contributed by atoms with Crippen molar-refractivity contribution in [2.45, 2.75) is 40.2 Å². The van der Waals surface area contributed by atoms with Gasteiger partial charge in [-0.05, 0) is 56.7 Å². The van der Waals surface area contributed by atoms with Gasteiger partial charge in [-0.1, -0.05) is 18.2 Å². The Labute approximate surface area is 190 Å². The largest absolute Gasteiger partial charge is 0.493 e. The standard InChI is InChI=1S/C25H34N4O3/c1-18-13-19(2)29(26-18)16-25(31)27-11-9-21(10-12-27)24-15-28(20(3)30)14-22(24)17-32-23-7-5-4-6-8-23/h4-8,13,21-22,24H,9-12,14-17H2,1-3H3. The van der Waals surface area contributed by atoms with Crippen molar-refractivity contribution in [3.63, 3.8) is 0 Å². The molecule has 0 saturated carbocycles. The smallest absolute Gasteiger partial charge is 0.244 e. The molecule has 0 bridgehead atoms. The Kier molecular flexibility index (Phi) is 6.82. The van der Waals surface area contributed by atoms with Crippen LogP contribution < -0.4 is 4.74 Å². The first kappa shape index (κ1) is 22.4. The second-order valence-electron chi connectivity index (χ2n) is 9.27. The number of piperidine rings is 1. The molecule has 2 fully saturated rings. The zero-order valence-electron chi connectivity index (χ0n) is 19.4. The number of hydrogen-bond donors (Lipinski definition) is 0. The summed E-state index contributed by atoms with van der Waals surface area (Å²) in [5.74, 6) is 2.38. The molecule has 2 unspecified atom stereocenters. The predicted molar refractivity (Wildman–Crippen MR) is 122 cm³/mol. The predicted octanol–water partition coefficient (Wildman–Crippen LogP) is 2.91. The minimum Gasteiger partial charge on any atom is -0.493 e. The lowest BCUT2D eigenvalue weighted by molar-refractivity contribution is -0.133. The number of hydrogen-bond acceptors (Lipinski definition) is 4. The molecular formula is C25H34N4O3. The first-order valence-electron chi connectivity index (χ1n) is 11.6. The zero-order chi connectivity index (χ0) is 22.7. The molecule has 0 radical (unpaired) electrons. The molecule has 2 aromatic rings. The summed E-state index contributed by atoms with van der Waals surface area (Å²) in [5, 5.41) is 4.42. The van der Waals surface area contributed by atoms with Gasteiger partial charge in [-0.25, -0.2) is 0 Å². The van der Waals surface area contributed by atoms with Crippen LogP contribution in [0.2, 0.25) is 0 Å². The fraction of sp³-hybridized carbons (Fsp3) is 0.560. The fourth-order valence-electron chi connectivity index (χ4n) is 5.22. The van der Waals surface area contributed by atoms with E-state index in [1.807, 2.05) is 60.0 Å². The third-order valence-corrected chi connectivity index (χ3v) is 7.03. The Bertz CT molecular complexity index is 934. The first-order chi connectivity index (χ1) is 15.4. The number of carbonyl (C=O) groups is 2. The van der Waals surface area contributed by atoms with Crippen LogP contribution in [0, 0.1) is 31.6 Å². The maximum absolute atomic E-state index is 12.8. The van der Waals surface area contributed by atoms with Crippen molar-refractivity contribution in [1.82, 2.24) is 19.6 Å². The normalized spacial score (nSPS) is 21.7. The van der Waals surface area contributed by atoms with E-state index in [-0.39, 0.29) is 11.8 Å². The molecule has 2 atom stereocenters. The highest BCUT2D eigenvalue weighted by molar-refractivity contribution is 5.76. The molecule has 7 heteroatoms. The van der Waals surface area contributed by atoms with Crippen molar-refractivity contribution in [3.8, 4) is 5.75 Å². The molecule has 32 heavy (non-hydrogen) atoms. The van der Waals surface area contributed by atoms with Gasteiger partial charge < -0.3 is 14.5 Å². The van der Waals surface area contributed by atoms with Crippen LogP contribution in [0.25, 0.3) is 0 Å². The maximum atomic E-state index is 12.8. The maximum Gasteiger partial charge on any atom is 0.244 e. The highest BCUT2D eigenvalue weighted by atomic mass is 16.5. The summed E-state index contributed by atoms with van der Waals surface area (Å²) in [5.41, 5.74) is 1.95. The molecule has 1 aromatic carbocycles. The summed E-state index contributed by atoms with van der Waals surface area (Å²) in [6.07, 6.45) is 1.95. The molecule has 1 aromatic heterocycles. The van der Waals surface area contributed by atoms with Crippen LogP contribution in [0.15, 0.2) is 36.4 Å². The third-order valence-electron chi connectivity index (χ3n) is 7.03. The van der Waals surface area contributed by atoms with Crippen LogP contribution in [0.4, 0.5) is 0 Å². The van der Waals surface area contributed by atoms with Gasteiger partial charge in [0.2, 0.25) is 11.8 Å². The van der Waals surface area contributed by atoms with Crippen molar-refractivity contribution in [1.29, 1.82) is 0 Å². The highest BCUT2D eigenvalue weighted by Gasteiger charge is 2.40. The van der Waals surface area contributed by atoms with Crippen LogP contribution >= 0.6 is 0 Å². The molecule has 7 nitrogen and oxygen atoms in total. The fourth-order valence-corrected chi connectivity index (χ4v) is 5.22. The molecule has 2 aliphatic heterocycles. The van der Waals surface area contributed by atoms with Crippen LogP contribution in [0.3, 0.4) is 0 Å². The van der Waals surface area contributed by atoms with Crippen LogP contribution in [0.1, 0.15) is 31.2 Å². The molecule has 4 rings (SSSR count). The molecule has 0 spiro atoms. The zero-order valence-corrected chi connectivity index (χ0v) is 19.4. The average molecular weight is 439 g/mol. The first-order valence-corrected chi connectivity index (χ1v) is 11.6. The molecular weight excluding hydrogens is 404 g/mol. The van der Waals surface area contributed by atoms with E-state index in [4.69, 9.17) is 4.74 Å². The molecule has 3 heterocycles. The minimum absolute atomic E-state index is 0.134. The van der Waals surface area contributed by atoms with Crippen LogP contribution in [-0.2, 0) is 16.1 Å². The van der Waals surface area contributed by atoms with Gasteiger partial charge >= 0.3 is 0 Å². The van der Waals surface area contributed by atoms with E-state index < -0.39 is 0 Å². The van der Waals surface area contributed by atoms with Crippen LogP contribution in [-0.4, -0.2) is 64.2 Å². The van der Waals surface area contributed by atoms with Gasteiger partial charge in [-0.3, -0.25) is 14.3 Å². The number of benzene rings is 1. The summed E-state index contributed by atoms with van der Waals surface area (Å²) in [4.78, 5) is 28.8. The number of ether oxygens (including phenoxy) is 1. The van der Waals surface area contributed by atoms with Gasteiger partial charge in [0, 0.05) is 44.7 Å². The van der Waals surface area contributed by atoms with Crippen molar-refractivity contribution in [3.05, 3.63) is 47.8 Å². The number of amides is 2. The van der Waals surface area contributed by atoms with Gasteiger partial charge in [0.1, 0.15) is 12.3 Å². The van der Waals surface area contributed by atoms with Crippen molar-refractivity contribution >= 4 is 11.8 Å². The van der Waals surface area contributed by atoms with Gasteiger partial charge in [0.25, 0.3) is 0 Å². The van der Waals surface area contributed by atoms with Gasteiger partial charge in [-0.15, -0.1) is 0 Å². The second kappa shape index (κ2) is 9.76. The molecule has 2 amide bonds. The Balaban J connectivity index is 1.34. The van der Waals surface area contributed by atoms with E-state index in [1.165, 1.54) is 0 Å². The molecule has 2 aliphatic rings. The third kappa shape index (κ3) is 5.14. The number of likely N-dealkylation sites (tertiary alicyclic amines) is 2. The average Bonchev–Trinajstić information content (AvgIpc) is 3.36. The molecule has 0 N–H and O–H groups in total. The summed E-state index contributed by atoms with van der Waals surface area (Å²) < 4.78 is 7.86. The number of aromatic nitrogens is 2. The Morgan fingerprint density at radius 2 is 1.78 bits per heavy atom. The number of rotatable bonds is 6. The van der Waals surface area contributed by atoms with E-state index >= 15 is 0 Å². The monoisotopic (exact) mass is 438 g/mol. The summed E-state index contributed by atoms with van der Waals surface area (Å²) in [6, 6.07) is 11.9. The van der Waals surface area contributed by atoms with Crippen molar-refractivity contribution in [2.75, 3.05) is 32.8 Å². The lowest BCUT2D eigenvalue weighted by Gasteiger charge is -2.36. The Morgan fingerprint density at radius 1 is 1.06 bits per heavy atom. The SMILES string of the molecule is CC(=O)N1CC(COc2ccccc2)C(C2CCN(C(=O)Cn3nc(C)cc3C)CC2)C1. The second-order valence-corrected chi connectivity index (χ2v) is 9.27. The number of carbonyl (C=O) groups excluding carboxylic acids is 2. The van der Waals surface area contributed by atoms with E-state index in [0.29, 0.717) is 30.9 Å². The highest BCUT2D eigenvalue weighted by Crippen LogP contribution is 2.36. The quantitative estimate of drug-likeness (QED) is 0.696. The Hall–Kier alpha value is -2.83. The van der Waals surface area contributed by atoms with Crippen molar-refractivity contribution < 1.29 is 14.3 Å². The summed E-state index contributed by atoms with van der Waals surface area (Å²) in [7, 11) is 0. The van der Waals surface area contributed by atoms with E-state index in [9.17, 15) is 9.59 Å². The summed E-state index contributed by atoms with van der Waals surface area (Å²) in [6.45, 7) is 9.60. The topological polar surface area (TPSA) is 67.7 Å². The number of aryl methyl sites for hydroxylation is 2. The lowest BCUT2D eigenvalue weighted by atomic mass is 9.78. The summed E-state index contributed by atoms with van der Waals surface area (Å²) >= 11 is 0. The van der Waals surface area contributed by atoms with E-state index in [0.717, 1.165) is 56.2 Å². The molecule has 2 saturated heterocycles. The minimum atomic E-state index is 0.134. The van der Waals surface area contributed by atoms with E-state index in [2.05, 4.69) is 5.10 Å². The molecule has 0 aliphatic carbocycles. The van der Waals surface area contributed by atoms with Crippen molar-refractivity contribution in [2.24, 2.45) is 17.8 Å². The lowest BCUT2D eigenvalue weighted by Crippen LogP contribution is -2.43. The van der Waals surface area contributed by atoms with Gasteiger partial charge in [0.05, 0.1) is 12.3 Å². The van der Waals surface area contributed by atoms with Crippen LogP contribution in [0.5, 0.6) is 5.75 Å². The van der Waals surface area contributed by atoms with Gasteiger partial charge in [0.15, 0.2) is 0 Å².